The second kappa shape index (κ2) is 7.08. The number of sulfonamides is 1. The molecule has 0 fully saturated rings. The molecule has 124 valence electrons. The summed E-state index contributed by atoms with van der Waals surface area (Å²) < 4.78 is 45.7. The summed E-state index contributed by atoms with van der Waals surface area (Å²) in [7, 11) is -3.90. The number of thiazole rings is 1. The summed E-state index contributed by atoms with van der Waals surface area (Å²) in [5.41, 5.74) is 0.724. The summed E-state index contributed by atoms with van der Waals surface area (Å²) in [4.78, 5) is 3.65. The van der Waals surface area contributed by atoms with Gasteiger partial charge in [0.2, 0.25) is 10.0 Å². The van der Waals surface area contributed by atoms with E-state index in [2.05, 4.69) is 9.71 Å². The summed E-state index contributed by atoms with van der Waals surface area (Å²) in [5.74, 6) is -0.178. The zero-order valence-corrected chi connectivity index (χ0v) is 14.0. The van der Waals surface area contributed by atoms with E-state index >= 15 is 0 Å². The molecule has 0 atom stereocenters. The van der Waals surface area contributed by atoms with Crippen molar-refractivity contribution in [2.45, 2.75) is 11.4 Å². The Balaban J connectivity index is 1.65. The van der Waals surface area contributed by atoms with E-state index in [4.69, 9.17) is 4.74 Å². The highest BCUT2D eigenvalue weighted by Crippen LogP contribution is 2.23. The van der Waals surface area contributed by atoms with Crippen LogP contribution in [0.5, 0.6) is 10.9 Å². The minimum atomic E-state index is -3.90. The number of nitrogens with one attached hydrogen (secondary N) is 1. The maximum absolute atomic E-state index is 13.6. The molecule has 0 radical (unpaired) electrons. The van der Waals surface area contributed by atoms with E-state index in [1.165, 1.54) is 29.5 Å². The highest BCUT2D eigenvalue weighted by atomic mass is 32.2. The van der Waals surface area contributed by atoms with Crippen LogP contribution in [0, 0.1) is 5.82 Å². The SMILES string of the molecule is O=S(=O)(NCc1ccc(Oc2nccs2)cc1)c1ccccc1F. The van der Waals surface area contributed by atoms with Gasteiger partial charge in [0, 0.05) is 18.1 Å². The van der Waals surface area contributed by atoms with Gasteiger partial charge in [-0.3, -0.25) is 0 Å². The summed E-state index contributed by atoms with van der Waals surface area (Å²) >= 11 is 1.37. The van der Waals surface area contributed by atoms with Crippen LogP contribution in [-0.2, 0) is 16.6 Å². The van der Waals surface area contributed by atoms with Crippen LogP contribution in [0.1, 0.15) is 5.56 Å². The van der Waals surface area contributed by atoms with Gasteiger partial charge >= 0.3 is 0 Å². The van der Waals surface area contributed by atoms with E-state index in [0.717, 1.165) is 11.6 Å². The molecular formula is C16H13FN2O3S2. The second-order valence-corrected chi connectivity index (χ2v) is 7.39. The summed E-state index contributed by atoms with van der Waals surface area (Å²) in [6.45, 7) is 0.0498. The second-order valence-electron chi connectivity index (χ2n) is 4.80. The van der Waals surface area contributed by atoms with Crippen LogP contribution in [0.3, 0.4) is 0 Å². The molecule has 3 aromatic rings. The minimum Gasteiger partial charge on any atom is -0.431 e. The number of hydrogen-bond donors (Lipinski definition) is 1. The number of hydrogen-bond acceptors (Lipinski definition) is 5. The molecule has 1 aromatic heterocycles. The summed E-state index contributed by atoms with van der Waals surface area (Å²) in [5, 5.41) is 2.34. The van der Waals surface area contributed by atoms with Crippen LogP contribution in [0.2, 0.25) is 0 Å². The zero-order chi connectivity index (χ0) is 17.0. The van der Waals surface area contributed by atoms with Gasteiger partial charge in [-0.05, 0) is 29.8 Å². The molecule has 0 saturated carbocycles. The van der Waals surface area contributed by atoms with E-state index in [1.807, 2.05) is 0 Å². The van der Waals surface area contributed by atoms with Crippen molar-refractivity contribution in [1.82, 2.24) is 9.71 Å². The van der Waals surface area contributed by atoms with E-state index < -0.39 is 15.8 Å². The van der Waals surface area contributed by atoms with Crippen molar-refractivity contribution >= 4 is 21.4 Å². The summed E-state index contributed by atoms with van der Waals surface area (Å²) in [6.07, 6.45) is 1.64. The Morgan fingerprint density at radius 1 is 1.12 bits per heavy atom. The fourth-order valence-electron chi connectivity index (χ4n) is 1.96. The van der Waals surface area contributed by atoms with E-state index in [9.17, 15) is 12.8 Å². The fraction of sp³-hybridized carbons (Fsp3) is 0.0625. The average Bonchev–Trinajstić information content (AvgIpc) is 3.07. The minimum absolute atomic E-state index is 0.0498. The van der Waals surface area contributed by atoms with Crippen molar-refractivity contribution in [2.75, 3.05) is 0 Å². The lowest BCUT2D eigenvalue weighted by Crippen LogP contribution is -2.24. The molecule has 0 aliphatic heterocycles. The number of benzene rings is 2. The molecule has 0 spiro atoms. The van der Waals surface area contributed by atoms with Gasteiger partial charge in [0.15, 0.2) is 0 Å². The van der Waals surface area contributed by atoms with Crippen LogP contribution < -0.4 is 9.46 Å². The molecule has 0 aliphatic carbocycles. The normalized spacial score (nSPS) is 11.4. The van der Waals surface area contributed by atoms with E-state index in [0.29, 0.717) is 10.9 Å². The van der Waals surface area contributed by atoms with Gasteiger partial charge in [0.05, 0.1) is 0 Å². The largest absolute Gasteiger partial charge is 0.431 e. The Kier molecular flexibility index (Phi) is 4.89. The first-order valence-corrected chi connectivity index (χ1v) is 9.31. The topological polar surface area (TPSA) is 68.3 Å². The Bertz CT molecular complexity index is 911. The molecular weight excluding hydrogens is 351 g/mol. The van der Waals surface area contributed by atoms with Crippen molar-refractivity contribution in [2.24, 2.45) is 0 Å². The first-order chi connectivity index (χ1) is 11.5. The Morgan fingerprint density at radius 3 is 2.54 bits per heavy atom. The predicted octanol–water partition coefficient (Wildman–Crippen LogP) is 3.55. The van der Waals surface area contributed by atoms with Crippen molar-refractivity contribution in [3.63, 3.8) is 0 Å². The van der Waals surface area contributed by atoms with Crippen molar-refractivity contribution in [3.8, 4) is 10.9 Å². The van der Waals surface area contributed by atoms with Crippen molar-refractivity contribution in [3.05, 3.63) is 71.5 Å². The quantitative estimate of drug-likeness (QED) is 0.726. The van der Waals surface area contributed by atoms with Crippen LogP contribution in [0.15, 0.2) is 65.0 Å². The predicted molar refractivity (Wildman–Crippen MR) is 89.1 cm³/mol. The van der Waals surface area contributed by atoms with Crippen molar-refractivity contribution in [1.29, 1.82) is 0 Å². The number of nitrogens with zero attached hydrogens (tertiary/aromatic N) is 1. The molecule has 2 aromatic carbocycles. The van der Waals surface area contributed by atoms with E-state index in [1.54, 1.807) is 35.8 Å². The van der Waals surface area contributed by atoms with Gasteiger partial charge in [-0.25, -0.2) is 22.5 Å². The fourth-order valence-corrected chi connectivity index (χ4v) is 3.55. The molecule has 0 unspecified atom stereocenters. The molecule has 1 heterocycles. The van der Waals surface area contributed by atoms with Crippen LogP contribution in [0.25, 0.3) is 0 Å². The van der Waals surface area contributed by atoms with Crippen LogP contribution in [-0.4, -0.2) is 13.4 Å². The molecule has 0 amide bonds. The standard InChI is InChI=1S/C16H13FN2O3S2/c17-14-3-1-2-4-15(14)24(20,21)19-11-12-5-7-13(8-6-12)22-16-18-9-10-23-16/h1-10,19H,11H2. The first kappa shape index (κ1) is 16.6. The molecule has 1 N–H and O–H groups in total. The van der Waals surface area contributed by atoms with Gasteiger partial charge in [-0.15, -0.1) is 0 Å². The number of halogens is 1. The zero-order valence-electron chi connectivity index (χ0n) is 12.3. The monoisotopic (exact) mass is 364 g/mol. The summed E-state index contributed by atoms with van der Waals surface area (Å²) in [6, 6.07) is 12.1. The smallest absolute Gasteiger partial charge is 0.278 e. The first-order valence-electron chi connectivity index (χ1n) is 6.95. The third-order valence-electron chi connectivity index (χ3n) is 3.13. The number of rotatable bonds is 6. The molecule has 8 heteroatoms. The maximum atomic E-state index is 13.6. The molecule has 3 rings (SSSR count). The molecule has 24 heavy (non-hydrogen) atoms. The molecule has 0 bridgehead atoms. The Labute approximate surface area is 142 Å². The van der Waals surface area contributed by atoms with Crippen LogP contribution in [0.4, 0.5) is 4.39 Å². The van der Waals surface area contributed by atoms with Gasteiger partial charge in [-0.1, -0.05) is 35.6 Å². The third kappa shape index (κ3) is 3.97. The van der Waals surface area contributed by atoms with E-state index in [-0.39, 0.29) is 11.4 Å². The lowest BCUT2D eigenvalue weighted by molar-refractivity contribution is 0.478. The molecule has 5 nitrogen and oxygen atoms in total. The van der Waals surface area contributed by atoms with Gasteiger partial charge in [0.1, 0.15) is 16.5 Å². The van der Waals surface area contributed by atoms with Crippen LogP contribution >= 0.6 is 11.3 Å². The third-order valence-corrected chi connectivity index (χ3v) is 5.21. The Morgan fingerprint density at radius 2 is 1.88 bits per heavy atom. The van der Waals surface area contributed by atoms with Gasteiger partial charge in [0.25, 0.3) is 5.19 Å². The molecule has 0 saturated heterocycles. The molecule has 0 aliphatic rings. The lowest BCUT2D eigenvalue weighted by Gasteiger charge is -2.08. The Hall–Kier alpha value is -2.29. The number of aromatic nitrogens is 1. The maximum Gasteiger partial charge on any atom is 0.278 e. The van der Waals surface area contributed by atoms with Gasteiger partial charge < -0.3 is 4.74 Å². The lowest BCUT2D eigenvalue weighted by atomic mass is 10.2. The highest BCUT2D eigenvalue weighted by Gasteiger charge is 2.17. The van der Waals surface area contributed by atoms with Gasteiger partial charge in [-0.2, -0.15) is 0 Å². The average molecular weight is 364 g/mol. The highest BCUT2D eigenvalue weighted by molar-refractivity contribution is 7.89. The van der Waals surface area contributed by atoms with Crippen molar-refractivity contribution < 1.29 is 17.5 Å². The number of ether oxygens (including phenoxy) is 1.